The molecule has 0 fully saturated rings. The molecule has 0 aliphatic heterocycles. The number of sulfonamides is 1. The van der Waals surface area contributed by atoms with Gasteiger partial charge in [-0.05, 0) is 61.2 Å². The van der Waals surface area contributed by atoms with E-state index in [1.165, 1.54) is 17.0 Å². The monoisotopic (exact) mass is 565 g/mol. The molecule has 0 spiro atoms. The summed E-state index contributed by atoms with van der Waals surface area (Å²) >= 11 is 0. The number of ether oxygens (including phenoxy) is 1. The number of carbonyl (C=O) groups excluding carboxylic acids is 2. The Bertz CT molecular complexity index is 1360. The van der Waals surface area contributed by atoms with E-state index in [2.05, 4.69) is 5.32 Å². The van der Waals surface area contributed by atoms with Gasteiger partial charge in [-0.1, -0.05) is 68.8 Å². The molecule has 214 valence electrons. The van der Waals surface area contributed by atoms with Gasteiger partial charge in [0.1, 0.15) is 18.3 Å². The molecule has 3 aromatic carbocycles. The normalized spacial score (nSPS) is 11.9. The van der Waals surface area contributed by atoms with Crippen LogP contribution in [0.4, 0.5) is 5.69 Å². The van der Waals surface area contributed by atoms with Crippen molar-refractivity contribution in [3.05, 3.63) is 90.0 Å². The number of rotatable bonds is 14. The number of hydrogen-bond acceptors (Lipinski definition) is 5. The van der Waals surface area contributed by atoms with E-state index >= 15 is 0 Å². The number of amides is 2. The maximum atomic E-state index is 14.1. The van der Waals surface area contributed by atoms with Crippen LogP contribution in [0, 0.1) is 6.92 Å². The third kappa shape index (κ3) is 7.63. The number of unbranched alkanes of at least 4 members (excludes halogenated alkanes) is 1. The highest BCUT2D eigenvalue weighted by Gasteiger charge is 2.34. The van der Waals surface area contributed by atoms with Crippen molar-refractivity contribution in [2.24, 2.45) is 0 Å². The van der Waals surface area contributed by atoms with Gasteiger partial charge in [-0.2, -0.15) is 0 Å². The summed E-state index contributed by atoms with van der Waals surface area (Å²) in [6.45, 7) is 5.87. The van der Waals surface area contributed by atoms with E-state index in [0.29, 0.717) is 30.0 Å². The molecule has 9 heteroatoms. The topological polar surface area (TPSA) is 96.0 Å². The predicted octanol–water partition coefficient (Wildman–Crippen LogP) is 4.92. The Hall–Kier alpha value is -3.85. The fourth-order valence-corrected chi connectivity index (χ4v) is 5.93. The highest BCUT2D eigenvalue weighted by atomic mass is 32.2. The SMILES string of the molecule is CCCCNC(=O)[C@@H](CC)N(Cc1ccc(OC)cc1)C(=O)CN(c1ccccc1C)S(=O)(=O)c1ccccc1. The molecule has 40 heavy (non-hydrogen) atoms. The summed E-state index contributed by atoms with van der Waals surface area (Å²) in [5.74, 6) is -0.0621. The Balaban J connectivity index is 2.03. The van der Waals surface area contributed by atoms with Crippen LogP contribution in [0.25, 0.3) is 0 Å². The average Bonchev–Trinajstić information content (AvgIpc) is 2.97. The molecule has 3 rings (SSSR count). The lowest BCUT2D eigenvalue weighted by molar-refractivity contribution is -0.140. The Labute approximate surface area is 238 Å². The number of para-hydroxylation sites is 1. The maximum absolute atomic E-state index is 14.1. The van der Waals surface area contributed by atoms with Crippen LogP contribution in [-0.2, 0) is 26.2 Å². The Morgan fingerprint density at radius 2 is 1.57 bits per heavy atom. The summed E-state index contributed by atoms with van der Waals surface area (Å²) < 4.78 is 34.2. The molecule has 8 nitrogen and oxygen atoms in total. The molecule has 0 saturated heterocycles. The first-order chi connectivity index (χ1) is 19.2. The molecule has 0 aliphatic rings. The molecule has 0 aromatic heterocycles. The fraction of sp³-hybridized carbons (Fsp3) is 0.355. The van der Waals surface area contributed by atoms with Crippen molar-refractivity contribution >= 4 is 27.5 Å². The van der Waals surface area contributed by atoms with Crippen molar-refractivity contribution in [3.8, 4) is 5.75 Å². The van der Waals surface area contributed by atoms with Crippen molar-refractivity contribution in [2.75, 3.05) is 24.5 Å². The fourth-order valence-electron chi connectivity index (χ4n) is 4.43. The van der Waals surface area contributed by atoms with E-state index in [-0.39, 0.29) is 17.3 Å². The van der Waals surface area contributed by atoms with Crippen LogP contribution in [0.5, 0.6) is 5.75 Å². The lowest BCUT2D eigenvalue weighted by atomic mass is 10.1. The van der Waals surface area contributed by atoms with Crippen molar-refractivity contribution in [1.29, 1.82) is 0 Å². The van der Waals surface area contributed by atoms with E-state index in [4.69, 9.17) is 4.74 Å². The summed E-state index contributed by atoms with van der Waals surface area (Å²) in [6.07, 6.45) is 2.12. The zero-order chi connectivity index (χ0) is 29.1. The number of nitrogens with one attached hydrogen (secondary N) is 1. The Morgan fingerprint density at radius 1 is 0.925 bits per heavy atom. The molecule has 3 aromatic rings. The summed E-state index contributed by atoms with van der Waals surface area (Å²) in [5.41, 5.74) is 1.91. The maximum Gasteiger partial charge on any atom is 0.264 e. The van der Waals surface area contributed by atoms with E-state index in [1.807, 2.05) is 32.0 Å². The molecule has 0 saturated carbocycles. The lowest BCUT2D eigenvalue weighted by Gasteiger charge is -2.33. The zero-order valence-corrected chi connectivity index (χ0v) is 24.5. The van der Waals surface area contributed by atoms with Gasteiger partial charge in [0.2, 0.25) is 11.8 Å². The second kappa shape index (κ2) is 14.5. The predicted molar refractivity (Wildman–Crippen MR) is 158 cm³/mol. The minimum absolute atomic E-state index is 0.0807. The van der Waals surface area contributed by atoms with Crippen LogP contribution in [0.3, 0.4) is 0 Å². The van der Waals surface area contributed by atoms with Crippen LogP contribution in [0.2, 0.25) is 0 Å². The largest absolute Gasteiger partial charge is 0.497 e. The second-order valence-corrected chi connectivity index (χ2v) is 11.4. The van der Waals surface area contributed by atoms with Crippen molar-refractivity contribution in [3.63, 3.8) is 0 Å². The Morgan fingerprint density at radius 3 is 2.17 bits per heavy atom. The molecule has 0 unspecified atom stereocenters. The van der Waals surface area contributed by atoms with Gasteiger partial charge in [-0.15, -0.1) is 0 Å². The number of nitrogens with zero attached hydrogens (tertiary/aromatic N) is 2. The van der Waals surface area contributed by atoms with Gasteiger partial charge < -0.3 is 15.0 Å². The van der Waals surface area contributed by atoms with Crippen molar-refractivity contribution in [1.82, 2.24) is 10.2 Å². The minimum Gasteiger partial charge on any atom is -0.497 e. The molecule has 0 heterocycles. The van der Waals surface area contributed by atoms with Crippen LogP contribution in [0.15, 0.2) is 83.8 Å². The number of carbonyl (C=O) groups is 2. The molecule has 1 atom stereocenters. The molecular formula is C31H39N3O5S. The van der Waals surface area contributed by atoms with Gasteiger partial charge in [0.15, 0.2) is 0 Å². The van der Waals surface area contributed by atoms with Gasteiger partial charge in [0.05, 0.1) is 17.7 Å². The quantitative estimate of drug-likeness (QED) is 0.280. The van der Waals surface area contributed by atoms with Crippen molar-refractivity contribution in [2.45, 2.75) is 57.5 Å². The third-order valence-electron chi connectivity index (χ3n) is 6.72. The first-order valence-corrected chi connectivity index (χ1v) is 15.0. The summed E-state index contributed by atoms with van der Waals surface area (Å²) in [4.78, 5) is 28.9. The number of hydrogen-bond donors (Lipinski definition) is 1. The number of anilines is 1. The molecule has 0 aliphatic carbocycles. The zero-order valence-electron chi connectivity index (χ0n) is 23.7. The van der Waals surface area contributed by atoms with Gasteiger partial charge in [-0.25, -0.2) is 8.42 Å². The van der Waals surface area contributed by atoms with E-state index in [1.54, 1.807) is 62.6 Å². The van der Waals surface area contributed by atoms with Gasteiger partial charge in [0, 0.05) is 13.1 Å². The Kier molecular flexibility index (Phi) is 11.1. The van der Waals surface area contributed by atoms with E-state index in [0.717, 1.165) is 22.7 Å². The standard InChI is InChI=1S/C31H39N3O5S/c1-5-7-21-32-31(36)28(6-2)33(22-25-17-19-26(39-4)20-18-25)30(35)23-34(29-16-12-11-13-24(29)3)40(37,38)27-14-9-8-10-15-27/h8-20,28H,5-7,21-23H2,1-4H3,(H,32,36)/t28-/m1/s1. The molecular weight excluding hydrogens is 526 g/mol. The molecule has 1 N–H and O–H groups in total. The first-order valence-electron chi connectivity index (χ1n) is 13.6. The molecule has 0 radical (unpaired) electrons. The highest BCUT2D eigenvalue weighted by Crippen LogP contribution is 2.27. The van der Waals surface area contributed by atoms with Gasteiger partial charge in [0.25, 0.3) is 10.0 Å². The van der Waals surface area contributed by atoms with E-state index in [9.17, 15) is 18.0 Å². The average molecular weight is 566 g/mol. The smallest absolute Gasteiger partial charge is 0.264 e. The van der Waals surface area contributed by atoms with Crippen LogP contribution in [0.1, 0.15) is 44.2 Å². The lowest BCUT2D eigenvalue weighted by Crippen LogP contribution is -2.52. The summed E-state index contributed by atoms with van der Waals surface area (Å²) in [7, 11) is -2.51. The molecule has 0 bridgehead atoms. The van der Waals surface area contributed by atoms with Gasteiger partial charge >= 0.3 is 0 Å². The number of methoxy groups -OCH3 is 1. The number of aryl methyl sites for hydroxylation is 1. The highest BCUT2D eigenvalue weighted by molar-refractivity contribution is 7.92. The minimum atomic E-state index is -4.09. The van der Waals surface area contributed by atoms with Crippen LogP contribution in [-0.4, -0.2) is 51.4 Å². The first kappa shape index (κ1) is 30.7. The van der Waals surface area contributed by atoms with Crippen LogP contribution >= 0.6 is 0 Å². The number of benzene rings is 3. The summed E-state index contributed by atoms with van der Waals surface area (Å²) in [6, 6.07) is 21.6. The second-order valence-electron chi connectivity index (χ2n) is 9.55. The van der Waals surface area contributed by atoms with Gasteiger partial charge in [-0.3, -0.25) is 13.9 Å². The summed E-state index contributed by atoms with van der Waals surface area (Å²) in [5, 5.41) is 2.94. The van der Waals surface area contributed by atoms with Crippen LogP contribution < -0.4 is 14.4 Å². The molecule has 2 amide bonds. The third-order valence-corrected chi connectivity index (χ3v) is 8.50. The van der Waals surface area contributed by atoms with E-state index < -0.39 is 28.5 Å². The van der Waals surface area contributed by atoms with Crippen molar-refractivity contribution < 1.29 is 22.7 Å².